The molecular weight excluding hydrogens is 911 g/mol. The molecule has 1 heterocycles. The number of hydrogen-bond acceptors (Lipinski definition) is 8. The van der Waals surface area contributed by atoms with Gasteiger partial charge in [-0.1, -0.05) is 321 Å². The highest BCUT2D eigenvalue weighted by molar-refractivity contribution is 5.76. The van der Waals surface area contributed by atoms with Crippen molar-refractivity contribution in [2.45, 2.75) is 378 Å². The molecule has 7 atom stereocenters. The summed E-state index contributed by atoms with van der Waals surface area (Å²) in [6.45, 7) is 3.84. The summed E-state index contributed by atoms with van der Waals surface area (Å²) in [5, 5.41) is 54.7. The van der Waals surface area contributed by atoms with Crippen LogP contribution in [0.4, 0.5) is 0 Å². The number of unbranched alkanes of at least 4 members (excludes halogenated alkanes) is 47. The van der Waals surface area contributed by atoms with E-state index in [-0.39, 0.29) is 12.5 Å². The van der Waals surface area contributed by atoms with Crippen molar-refractivity contribution in [3.8, 4) is 0 Å². The quantitative estimate of drug-likeness (QED) is 0.0261. The van der Waals surface area contributed by atoms with Gasteiger partial charge in [0.05, 0.1) is 25.4 Å². The van der Waals surface area contributed by atoms with E-state index in [9.17, 15) is 30.3 Å². The predicted molar refractivity (Wildman–Crippen MR) is 309 cm³/mol. The minimum atomic E-state index is -1.56. The van der Waals surface area contributed by atoms with Crippen LogP contribution in [-0.2, 0) is 14.3 Å². The van der Waals surface area contributed by atoms with Crippen molar-refractivity contribution in [3.63, 3.8) is 0 Å². The molecule has 0 spiro atoms. The highest BCUT2D eigenvalue weighted by atomic mass is 16.7. The third-order valence-electron chi connectivity index (χ3n) is 15.9. The van der Waals surface area contributed by atoms with Gasteiger partial charge in [0.1, 0.15) is 24.4 Å². The van der Waals surface area contributed by atoms with E-state index in [1.807, 2.05) is 6.08 Å². The summed E-state index contributed by atoms with van der Waals surface area (Å²) >= 11 is 0. The van der Waals surface area contributed by atoms with Crippen molar-refractivity contribution in [1.82, 2.24) is 5.32 Å². The smallest absolute Gasteiger partial charge is 0.220 e. The number of carbonyl (C=O) groups is 1. The lowest BCUT2D eigenvalue weighted by Crippen LogP contribution is -2.60. The Morgan fingerprint density at radius 1 is 0.452 bits per heavy atom. The lowest BCUT2D eigenvalue weighted by Gasteiger charge is -2.40. The molecule has 7 unspecified atom stereocenters. The summed E-state index contributed by atoms with van der Waals surface area (Å²) < 4.78 is 11.3. The zero-order valence-electron chi connectivity index (χ0n) is 48.4. The van der Waals surface area contributed by atoms with Crippen LogP contribution >= 0.6 is 0 Å². The maximum atomic E-state index is 13.1. The second-order valence-corrected chi connectivity index (χ2v) is 22.9. The highest BCUT2D eigenvalue weighted by Crippen LogP contribution is 2.23. The maximum absolute atomic E-state index is 13.1. The minimum Gasteiger partial charge on any atom is -0.394 e. The molecule has 1 fully saturated rings. The topological polar surface area (TPSA) is 149 Å². The first-order chi connectivity index (χ1) is 35.8. The van der Waals surface area contributed by atoms with Crippen LogP contribution in [0.15, 0.2) is 12.2 Å². The Kier molecular flexibility index (Phi) is 52.0. The Labute approximate surface area is 452 Å². The van der Waals surface area contributed by atoms with Gasteiger partial charge < -0.3 is 40.3 Å². The number of rotatable bonds is 57. The first-order valence-electron chi connectivity index (χ1n) is 32.4. The fourth-order valence-electron chi connectivity index (χ4n) is 10.8. The summed E-state index contributed by atoms with van der Waals surface area (Å²) in [7, 11) is 0. The fraction of sp³-hybridized carbons (Fsp3) is 0.953. The molecule has 0 aliphatic carbocycles. The van der Waals surface area contributed by atoms with Crippen molar-refractivity contribution in [1.29, 1.82) is 0 Å². The van der Waals surface area contributed by atoms with Crippen molar-refractivity contribution >= 4 is 5.91 Å². The van der Waals surface area contributed by atoms with Gasteiger partial charge in [0.15, 0.2) is 6.29 Å². The minimum absolute atomic E-state index is 0.168. The van der Waals surface area contributed by atoms with E-state index in [2.05, 4.69) is 19.2 Å². The van der Waals surface area contributed by atoms with E-state index in [4.69, 9.17) is 9.47 Å². The Balaban J connectivity index is 2.16. The number of aliphatic hydroxyl groups is 5. The summed E-state index contributed by atoms with van der Waals surface area (Å²) in [4.78, 5) is 13.1. The monoisotopic (exact) mass is 1040 g/mol. The number of hydrogen-bond donors (Lipinski definition) is 6. The zero-order valence-corrected chi connectivity index (χ0v) is 48.4. The average Bonchev–Trinajstić information content (AvgIpc) is 3.39. The Hall–Kier alpha value is -1.07. The first-order valence-corrected chi connectivity index (χ1v) is 32.4. The summed E-state index contributed by atoms with van der Waals surface area (Å²) in [6.07, 6.45) is 61.6. The molecule has 0 saturated carbocycles. The van der Waals surface area contributed by atoms with E-state index in [1.165, 1.54) is 276 Å². The SMILES string of the molecule is CCCCCCCCCCCCCCCCCCCCCCCC/C=C/C(O)C(COC1OC(CO)C(O)C(O)C1O)NC(=O)CCCCCCCCCCCCCCCCCCCCCCCCCCCC. The Morgan fingerprint density at radius 3 is 1.07 bits per heavy atom. The molecule has 0 bridgehead atoms. The molecule has 1 amide bonds. The van der Waals surface area contributed by atoms with Crippen molar-refractivity contribution < 1.29 is 39.8 Å². The van der Waals surface area contributed by atoms with Gasteiger partial charge in [-0.2, -0.15) is 0 Å². The summed E-state index contributed by atoms with van der Waals surface area (Å²) in [5.41, 5.74) is 0. The van der Waals surface area contributed by atoms with Crippen molar-refractivity contribution in [2.75, 3.05) is 13.2 Å². The second kappa shape index (κ2) is 54.3. The molecule has 0 aromatic heterocycles. The second-order valence-electron chi connectivity index (χ2n) is 22.9. The van der Waals surface area contributed by atoms with Gasteiger partial charge in [-0.05, 0) is 19.3 Å². The molecule has 6 N–H and O–H groups in total. The molecule has 0 aromatic rings. The number of ether oxygens (including phenoxy) is 2. The number of nitrogens with one attached hydrogen (secondary N) is 1. The van der Waals surface area contributed by atoms with E-state index in [1.54, 1.807) is 6.08 Å². The zero-order chi connectivity index (χ0) is 52.9. The molecule has 434 valence electrons. The van der Waals surface area contributed by atoms with Crippen LogP contribution in [0.1, 0.15) is 335 Å². The molecule has 1 saturated heterocycles. The average molecular weight is 1040 g/mol. The van der Waals surface area contributed by atoms with Crippen molar-refractivity contribution in [2.24, 2.45) is 0 Å². The third kappa shape index (κ3) is 43.6. The van der Waals surface area contributed by atoms with Gasteiger partial charge in [-0.25, -0.2) is 0 Å². The van der Waals surface area contributed by atoms with Crippen molar-refractivity contribution in [3.05, 3.63) is 12.2 Å². The molecule has 73 heavy (non-hydrogen) atoms. The van der Waals surface area contributed by atoms with Gasteiger partial charge in [0, 0.05) is 6.42 Å². The molecule has 0 aromatic carbocycles. The van der Waals surface area contributed by atoms with Gasteiger partial charge >= 0.3 is 0 Å². The van der Waals surface area contributed by atoms with Gasteiger partial charge in [-0.3, -0.25) is 4.79 Å². The van der Waals surface area contributed by atoms with Gasteiger partial charge in [0.2, 0.25) is 5.91 Å². The van der Waals surface area contributed by atoms with Crippen LogP contribution in [0.3, 0.4) is 0 Å². The molecule has 1 rings (SSSR count). The molecule has 1 aliphatic heterocycles. The van der Waals surface area contributed by atoms with Crippen LogP contribution in [0.25, 0.3) is 0 Å². The lowest BCUT2D eigenvalue weighted by atomic mass is 9.99. The van der Waals surface area contributed by atoms with Crippen LogP contribution in [0, 0.1) is 0 Å². The Morgan fingerprint density at radius 2 is 0.753 bits per heavy atom. The lowest BCUT2D eigenvalue weighted by molar-refractivity contribution is -0.302. The van der Waals surface area contributed by atoms with Crippen LogP contribution in [-0.4, -0.2) is 87.5 Å². The van der Waals surface area contributed by atoms with Crippen LogP contribution < -0.4 is 5.32 Å². The van der Waals surface area contributed by atoms with Gasteiger partial charge in [0.25, 0.3) is 0 Å². The van der Waals surface area contributed by atoms with E-state index < -0.39 is 49.5 Å². The van der Waals surface area contributed by atoms with Gasteiger partial charge in [-0.15, -0.1) is 0 Å². The number of aliphatic hydroxyl groups excluding tert-OH is 5. The molecular formula is C64H125NO8. The largest absolute Gasteiger partial charge is 0.394 e. The normalized spacial score (nSPS) is 19.0. The van der Waals surface area contributed by atoms with E-state index in [0.717, 1.165) is 38.5 Å². The Bertz CT molecular complexity index is 1150. The number of carbonyl (C=O) groups excluding carboxylic acids is 1. The molecule has 9 nitrogen and oxygen atoms in total. The highest BCUT2D eigenvalue weighted by Gasteiger charge is 2.44. The van der Waals surface area contributed by atoms with Crippen LogP contribution in [0.2, 0.25) is 0 Å². The summed E-state index contributed by atoms with van der Waals surface area (Å²) in [5.74, 6) is -0.168. The van der Waals surface area contributed by atoms with Crippen LogP contribution in [0.5, 0.6) is 0 Å². The predicted octanol–water partition coefficient (Wildman–Crippen LogP) is 16.7. The fourth-order valence-corrected chi connectivity index (χ4v) is 10.8. The third-order valence-corrected chi connectivity index (χ3v) is 15.9. The summed E-state index contributed by atoms with van der Waals surface area (Å²) in [6, 6.07) is -0.801. The molecule has 0 radical (unpaired) electrons. The van der Waals surface area contributed by atoms with E-state index in [0.29, 0.717) is 6.42 Å². The van der Waals surface area contributed by atoms with E-state index >= 15 is 0 Å². The number of allylic oxidation sites excluding steroid dienone is 1. The first kappa shape index (κ1) is 69.9. The molecule has 9 heteroatoms. The number of amides is 1. The molecule has 1 aliphatic rings. The standard InChI is InChI=1S/C64H125NO8/c1-3-5-7-9-11-13-15-17-19-21-23-25-27-29-30-32-34-36-38-40-42-44-46-48-50-52-54-60(68)65-57(56-72-64-63(71)62(70)61(69)59(55-66)73-64)58(67)53-51-49-47-45-43-41-39-37-35-33-31-28-26-24-22-20-18-16-14-12-10-8-6-4-2/h51,53,57-59,61-64,66-67,69-71H,3-50,52,54-56H2,1-2H3,(H,65,68)/b53-51+. The maximum Gasteiger partial charge on any atom is 0.220 e.